The average molecular weight is 406 g/mol. The molecule has 0 aromatic heterocycles. The maximum Gasteiger partial charge on any atom is 0.573 e. The van der Waals surface area contributed by atoms with E-state index < -0.39 is 6.36 Å². The summed E-state index contributed by atoms with van der Waals surface area (Å²) in [7, 11) is 0. The molecule has 0 saturated carbocycles. The van der Waals surface area contributed by atoms with Crippen LogP contribution in [0.4, 0.5) is 13.2 Å². The van der Waals surface area contributed by atoms with Crippen LogP contribution in [0.25, 0.3) is 0 Å². The number of nitrogens with zero attached hydrogens (tertiary/aromatic N) is 2. The summed E-state index contributed by atoms with van der Waals surface area (Å²) in [5, 5.41) is 0. The van der Waals surface area contributed by atoms with Crippen LogP contribution < -0.4 is 4.74 Å². The fourth-order valence-corrected chi connectivity index (χ4v) is 3.16. The third-order valence-electron chi connectivity index (χ3n) is 4.80. The first-order chi connectivity index (χ1) is 13.8. The normalized spacial score (nSPS) is 14.6. The highest BCUT2D eigenvalue weighted by Gasteiger charge is 2.31. The molecule has 0 bridgehead atoms. The summed E-state index contributed by atoms with van der Waals surface area (Å²) in [6.45, 7) is 3.56. The molecule has 3 rings (SSSR count). The molecule has 1 aliphatic rings. The Hall–Kier alpha value is -3.03. The summed E-state index contributed by atoms with van der Waals surface area (Å²) in [5.74, 6) is -0.741. The molecule has 0 unspecified atom stereocenters. The van der Waals surface area contributed by atoms with Crippen LogP contribution in [0.2, 0.25) is 0 Å². The van der Waals surface area contributed by atoms with Gasteiger partial charge in [-0.2, -0.15) is 0 Å². The van der Waals surface area contributed by atoms with Gasteiger partial charge in [0.1, 0.15) is 5.75 Å². The Labute approximate surface area is 166 Å². The zero-order valence-electron chi connectivity index (χ0n) is 15.9. The smallest absolute Gasteiger partial charge is 0.406 e. The second-order valence-electron chi connectivity index (χ2n) is 6.71. The standard InChI is InChI=1S/C21H21F3N2O3/c1-2-15-3-5-16(6-4-15)19(27)25-11-13-26(14-12-25)20(28)17-7-9-18(10-8-17)29-21(22,23)24/h3-10H,2,11-14H2,1H3. The molecule has 1 aliphatic heterocycles. The number of hydrogen-bond acceptors (Lipinski definition) is 3. The molecule has 2 amide bonds. The first-order valence-corrected chi connectivity index (χ1v) is 9.30. The van der Waals surface area contributed by atoms with Crippen molar-refractivity contribution in [3.05, 3.63) is 65.2 Å². The van der Waals surface area contributed by atoms with Crippen LogP contribution in [-0.4, -0.2) is 54.2 Å². The lowest BCUT2D eigenvalue weighted by atomic mass is 10.1. The minimum atomic E-state index is -4.77. The highest BCUT2D eigenvalue weighted by atomic mass is 19.4. The first kappa shape index (κ1) is 20.7. The molecule has 2 aromatic rings. The van der Waals surface area contributed by atoms with Gasteiger partial charge in [-0.05, 0) is 48.4 Å². The number of hydrogen-bond donors (Lipinski definition) is 0. The van der Waals surface area contributed by atoms with Gasteiger partial charge in [0.15, 0.2) is 0 Å². The van der Waals surface area contributed by atoms with E-state index in [4.69, 9.17) is 0 Å². The van der Waals surface area contributed by atoms with Crippen molar-refractivity contribution in [3.63, 3.8) is 0 Å². The number of ether oxygens (including phenoxy) is 1. The van der Waals surface area contributed by atoms with Crippen LogP contribution in [0.5, 0.6) is 5.75 Å². The van der Waals surface area contributed by atoms with Gasteiger partial charge in [0, 0.05) is 37.3 Å². The summed E-state index contributed by atoms with van der Waals surface area (Å²) in [4.78, 5) is 28.5. The van der Waals surface area contributed by atoms with Crippen molar-refractivity contribution in [3.8, 4) is 5.75 Å². The molecular weight excluding hydrogens is 385 g/mol. The maximum absolute atomic E-state index is 12.6. The van der Waals surface area contributed by atoms with Gasteiger partial charge < -0.3 is 14.5 Å². The lowest BCUT2D eigenvalue weighted by Gasteiger charge is -2.35. The van der Waals surface area contributed by atoms with Crippen molar-refractivity contribution in [2.24, 2.45) is 0 Å². The molecule has 8 heteroatoms. The number of halogens is 3. The summed E-state index contributed by atoms with van der Waals surface area (Å²) >= 11 is 0. The minimum Gasteiger partial charge on any atom is -0.406 e. The SMILES string of the molecule is CCc1ccc(C(=O)N2CCN(C(=O)c3ccc(OC(F)(F)F)cc3)CC2)cc1. The largest absolute Gasteiger partial charge is 0.573 e. The van der Waals surface area contributed by atoms with E-state index in [2.05, 4.69) is 4.74 Å². The van der Waals surface area contributed by atoms with E-state index in [0.29, 0.717) is 31.7 Å². The van der Waals surface area contributed by atoms with Crippen LogP contribution in [0.15, 0.2) is 48.5 Å². The van der Waals surface area contributed by atoms with Gasteiger partial charge >= 0.3 is 6.36 Å². The molecule has 0 spiro atoms. The van der Waals surface area contributed by atoms with Crippen LogP contribution in [0, 0.1) is 0 Å². The Morgan fingerprint density at radius 3 is 1.62 bits per heavy atom. The van der Waals surface area contributed by atoms with Gasteiger partial charge in [-0.25, -0.2) is 0 Å². The third kappa shape index (κ3) is 5.28. The van der Waals surface area contributed by atoms with E-state index in [9.17, 15) is 22.8 Å². The Morgan fingerprint density at radius 1 is 0.828 bits per heavy atom. The van der Waals surface area contributed by atoms with E-state index in [0.717, 1.165) is 24.1 Å². The summed E-state index contributed by atoms with van der Waals surface area (Å²) < 4.78 is 40.5. The van der Waals surface area contributed by atoms with E-state index in [1.54, 1.807) is 9.80 Å². The van der Waals surface area contributed by atoms with Crippen molar-refractivity contribution in [1.82, 2.24) is 9.80 Å². The van der Waals surface area contributed by atoms with Gasteiger partial charge in [-0.1, -0.05) is 19.1 Å². The number of carbonyl (C=O) groups is 2. The number of alkyl halides is 3. The quantitative estimate of drug-likeness (QED) is 0.777. The van der Waals surface area contributed by atoms with Crippen molar-refractivity contribution >= 4 is 11.8 Å². The van der Waals surface area contributed by atoms with E-state index >= 15 is 0 Å². The Bertz CT molecular complexity index is 856. The topological polar surface area (TPSA) is 49.9 Å². The molecule has 5 nitrogen and oxygen atoms in total. The number of benzene rings is 2. The van der Waals surface area contributed by atoms with Crippen molar-refractivity contribution in [2.75, 3.05) is 26.2 Å². The third-order valence-corrected chi connectivity index (χ3v) is 4.80. The number of carbonyl (C=O) groups excluding carboxylic acids is 2. The monoisotopic (exact) mass is 406 g/mol. The fourth-order valence-electron chi connectivity index (χ4n) is 3.16. The molecule has 154 valence electrons. The zero-order valence-corrected chi connectivity index (χ0v) is 15.9. The van der Waals surface area contributed by atoms with Gasteiger partial charge in [0.25, 0.3) is 11.8 Å². The number of amides is 2. The van der Waals surface area contributed by atoms with Crippen LogP contribution in [0.3, 0.4) is 0 Å². The molecule has 1 saturated heterocycles. The van der Waals surface area contributed by atoms with Gasteiger partial charge in [-0.15, -0.1) is 13.2 Å². The van der Waals surface area contributed by atoms with E-state index in [-0.39, 0.29) is 23.1 Å². The zero-order chi connectivity index (χ0) is 21.0. The highest BCUT2D eigenvalue weighted by molar-refractivity contribution is 5.96. The van der Waals surface area contributed by atoms with Crippen molar-refractivity contribution in [1.29, 1.82) is 0 Å². The molecular formula is C21H21F3N2O3. The Balaban J connectivity index is 1.57. The summed E-state index contributed by atoms with van der Waals surface area (Å²) in [6.07, 6.45) is -3.87. The summed E-state index contributed by atoms with van der Waals surface area (Å²) in [6, 6.07) is 12.3. The van der Waals surface area contributed by atoms with Crippen LogP contribution in [-0.2, 0) is 6.42 Å². The van der Waals surface area contributed by atoms with E-state index in [1.165, 1.54) is 12.1 Å². The van der Waals surface area contributed by atoms with Gasteiger partial charge in [0.2, 0.25) is 0 Å². The maximum atomic E-state index is 12.6. The number of rotatable bonds is 4. The number of piperazine rings is 1. The van der Waals surface area contributed by atoms with Gasteiger partial charge in [-0.3, -0.25) is 9.59 Å². The predicted molar refractivity (Wildman–Crippen MR) is 101 cm³/mol. The molecule has 1 heterocycles. The second kappa shape index (κ2) is 8.55. The second-order valence-corrected chi connectivity index (χ2v) is 6.71. The summed E-state index contributed by atoms with van der Waals surface area (Å²) in [5.41, 5.74) is 2.04. The Morgan fingerprint density at radius 2 is 1.24 bits per heavy atom. The van der Waals surface area contributed by atoms with Crippen LogP contribution in [0.1, 0.15) is 33.2 Å². The number of aryl methyl sites for hydroxylation is 1. The molecule has 0 atom stereocenters. The van der Waals surface area contributed by atoms with Gasteiger partial charge in [0.05, 0.1) is 0 Å². The van der Waals surface area contributed by atoms with E-state index in [1.807, 2.05) is 31.2 Å². The molecule has 2 aromatic carbocycles. The fraction of sp³-hybridized carbons (Fsp3) is 0.333. The lowest BCUT2D eigenvalue weighted by molar-refractivity contribution is -0.274. The molecule has 0 radical (unpaired) electrons. The molecule has 0 aliphatic carbocycles. The molecule has 29 heavy (non-hydrogen) atoms. The highest BCUT2D eigenvalue weighted by Crippen LogP contribution is 2.23. The lowest BCUT2D eigenvalue weighted by Crippen LogP contribution is -2.50. The average Bonchev–Trinajstić information content (AvgIpc) is 2.72. The Kier molecular flexibility index (Phi) is 6.10. The molecule has 1 fully saturated rings. The predicted octanol–water partition coefficient (Wildman–Crippen LogP) is 3.75. The van der Waals surface area contributed by atoms with Crippen molar-refractivity contribution < 1.29 is 27.5 Å². The van der Waals surface area contributed by atoms with Crippen LogP contribution >= 0.6 is 0 Å². The minimum absolute atomic E-state index is 0.0756. The van der Waals surface area contributed by atoms with Crippen molar-refractivity contribution in [2.45, 2.75) is 19.7 Å². The molecule has 0 N–H and O–H groups in total. The first-order valence-electron chi connectivity index (χ1n) is 9.30.